The molecule has 2 saturated heterocycles. The van der Waals surface area contributed by atoms with E-state index in [0.29, 0.717) is 40.6 Å². The minimum atomic E-state index is -0.356. The molecule has 0 unspecified atom stereocenters. The van der Waals surface area contributed by atoms with Gasteiger partial charge in [-0.25, -0.2) is 8.78 Å². The quantitative estimate of drug-likeness (QED) is 0.682. The predicted octanol–water partition coefficient (Wildman–Crippen LogP) is 5.29. The van der Waals surface area contributed by atoms with Crippen LogP contribution in [-0.4, -0.2) is 38.3 Å². The van der Waals surface area contributed by atoms with Crippen LogP contribution in [0.3, 0.4) is 0 Å². The van der Waals surface area contributed by atoms with E-state index in [1.165, 1.54) is 37.1 Å². The van der Waals surface area contributed by atoms with Crippen molar-refractivity contribution in [2.75, 3.05) is 21.3 Å². The maximum atomic E-state index is 14.2. The Labute approximate surface area is 170 Å². The number of allylic oxidation sites excluding steroid dienone is 1. The lowest BCUT2D eigenvalue weighted by Crippen LogP contribution is -2.39. The van der Waals surface area contributed by atoms with Crippen molar-refractivity contribution in [2.45, 2.75) is 37.8 Å². The van der Waals surface area contributed by atoms with Gasteiger partial charge in [0.05, 0.1) is 14.2 Å². The molecule has 4 rings (SSSR count). The molecule has 0 spiro atoms. The molecule has 0 N–H and O–H groups in total. The molecular weight excluding hydrogens is 372 g/mol. The molecule has 0 amide bonds. The molecule has 3 atom stereocenters. The van der Waals surface area contributed by atoms with Crippen LogP contribution in [0.25, 0.3) is 5.57 Å². The number of hydrogen-bond acceptors (Lipinski definition) is 3. The zero-order chi connectivity index (χ0) is 20.5. The highest BCUT2D eigenvalue weighted by atomic mass is 19.1. The largest absolute Gasteiger partial charge is 0.496 e. The molecule has 0 aromatic heterocycles. The lowest BCUT2D eigenvalue weighted by molar-refractivity contribution is 0.152. The number of benzene rings is 2. The van der Waals surface area contributed by atoms with Gasteiger partial charge >= 0.3 is 0 Å². The van der Waals surface area contributed by atoms with Gasteiger partial charge < -0.3 is 14.4 Å². The molecule has 0 saturated carbocycles. The number of fused-ring (bicyclic) bond motifs is 2. The molecule has 154 valence electrons. The third-order valence-electron chi connectivity index (χ3n) is 6.44. The minimum Gasteiger partial charge on any atom is -0.496 e. The van der Waals surface area contributed by atoms with Gasteiger partial charge in [-0.05, 0) is 80.6 Å². The van der Waals surface area contributed by atoms with Gasteiger partial charge in [-0.15, -0.1) is 0 Å². The van der Waals surface area contributed by atoms with Crippen LogP contribution in [0, 0.1) is 17.6 Å². The van der Waals surface area contributed by atoms with Crippen molar-refractivity contribution >= 4 is 5.57 Å². The molecule has 2 bridgehead atoms. The normalized spacial score (nSPS) is 23.7. The first kappa shape index (κ1) is 19.9. The number of piperidine rings is 1. The van der Waals surface area contributed by atoms with Crippen LogP contribution >= 0.6 is 0 Å². The number of ether oxygens (including phenoxy) is 2. The number of hydrogen-bond donors (Lipinski definition) is 0. The first-order valence-corrected chi connectivity index (χ1v) is 10.1. The van der Waals surface area contributed by atoms with E-state index < -0.39 is 0 Å². The topological polar surface area (TPSA) is 21.7 Å². The van der Waals surface area contributed by atoms with Crippen molar-refractivity contribution < 1.29 is 18.3 Å². The number of methoxy groups -OCH3 is 2. The van der Waals surface area contributed by atoms with Gasteiger partial charge in [-0.3, -0.25) is 0 Å². The lowest BCUT2D eigenvalue weighted by atomic mass is 9.85. The molecule has 2 aromatic carbocycles. The van der Waals surface area contributed by atoms with Crippen molar-refractivity contribution in [1.82, 2.24) is 4.90 Å². The summed E-state index contributed by atoms with van der Waals surface area (Å²) in [5.74, 6) is 0.732. The van der Waals surface area contributed by atoms with E-state index in [2.05, 4.69) is 18.0 Å². The van der Waals surface area contributed by atoms with Gasteiger partial charge in [0.1, 0.15) is 23.1 Å². The van der Waals surface area contributed by atoms with Crippen LogP contribution in [0.1, 0.15) is 36.8 Å². The molecule has 0 radical (unpaired) electrons. The Balaban J connectivity index is 1.85. The summed E-state index contributed by atoms with van der Waals surface area (Å²) in [5, 5.41) is 0. The standard InChI is InChI=1S/C24H27F2NO2/c1-27-18-6-7-19(27)11-15(10-18)12-20(21-13-16(25)4-8-23(21)28-2)22-14-17(26)5-9-24(22)29-3/h4-5,8-9,12-15,18-19H,6-7,10-11H2,1-3H3/t15-,18+,19-. The Morgan fingerprint density at radius 3 is 1.83 bits per heavy atom. The molecule has 2 aliphatic rings. The summed E-state index contributed by atoms with van der Waals surface area (Å²) in [6.45, 7) is 0. The van der Waals surface area contributed by atoms with Crippen molar-refractivity contribution in [2.24, 2.45) is 5.92 Å². The average molecular weight is 399 g/mol. The third-order valence-corrected chi connectivity index (χ3v) is 6.44. The Bertz CT molecular complexity index is 858. The van der Waals surface area contributed by atoms with Crippen LogP contribution in [0.4, 0.5) is 8.78 Å². The first-order valence-electron chi connectivity index (χ1n) is 10.1. The number of rotatable bonds is 5. The highest BCUT2D eigenvalue weighted by Gasteiger charge is 2.38. The second-order valence-corrected chi connectivity index (χ2v) is 8.05. The minimum absolute atomic E-state index is 0.333. The Kier molecular flexibility index (Phi) is 5.59. The maximum Gasteiger partial charge on any atom is 0.126 e. The first-order chi connectivity index (χ1) is 14.0. The van der Waals surface area contributed by atoms with E-state index >= 15 is 0 Å². The number of nitrogens with zero attached hydrogens (tertiary/aromatic N) is 1. The van der Waals surface area contributed by atoms with E-state index in [1.807, 2.05) is 0 Å². The molecule has 2 heterocycles. The van der Waals surface area contributed by atoms with Crippen LogP contribution < -0.4 is 9.47 Å². The van der Waals surface area contributed by atoms with Gasteiger partial charge in [0.25, 0.3) is 0 Å². The lowest BCUT2D eigenvalue weighted by Gasteiger charge is -2.35. The van der Waals surface area contributed by atoms with Crippen molar-refractivity contribution in [1.29, 1.82) is 0 Å². The fraction of sp³-hybridized carbons (Fsp3) is 0.417. The van der Waals surface area contributed by atoms with E-state index in [4.69, 9.17) is 9.47 Å². The smallest absolute Gasteiger partial charge is 0.126 e. The van der Waals surface area contributed by atoms with Gasteiger partial charge in [-0.2, -0.15) is 0 Å². The van der Waals surface area contributed by atoms with Crippen LogP contribution in [-0.2, 0) is 0 Å². The Morgan fingerprint density at radius 1 is 0.897 bits per heavy atom. The van der Waals surface area contributed by atoms with Gasteiger partial charge in [0.15, 0.2) is 0 Å². The van der Waals surface area contributed by atoms with Crippen molar-refractivity contribution in [3.63, 3.8) is 0 Å². The summed E-state index contributed by atoms with van der Waals surface area (Å²) in [6.07, 6.45) is 6.70. The molecule has 29 heavy (non-hydrogen) atoms. The van der Waals surface area contributed by atoms with Crippen molar-refractivity contribution in [3.8, 4) is 11.5 Å². The number of halogens is 2. The molecule has 3 nitrogen and oxygen atoms in total. The van der Waals surface area contributed by atoms with Crippen LogP contribution in [0.15, 0.2) is 42.5 Å². The highest BCUT2D eigenvalue weighted by molar-refractivity contribution is 5.85. The van der Waals surface area contributed by atoms with Crippen LogP contribution in [0.2, 0.25) is 0 Å². The summed E-state index contributed by atoms with van der Waals surface area (Å²) in [5.41, 5.74) is 1.98. The molecular formula is C24H27F2NO2. The maximum absolute atomic E-state index is 14.2. The van der Waals surface area contributed by atoms with Gasteiger partial charge in [0, 0.05) is 23.2 Å². The second kappa shape index (κ2) is 8.15. The summed E-state index contributed by atoms with van der Waals surface area (Å²) in [6, 6.07) is 10.0. The van der Waals surface area contributed by atoms with E-state index in [-0.39, 0.29) is 11.6 Å². The molecule has 0 aliphatic carbocycles. The zero-order valence-corrected chi connectivity index (χ0v) is 17.1. The molecule has 2 aliphatic heterocycles. The SMILES string of the molecule is COc1ccc(F)cc1C(=C[C@H]1C[C@H]2CC[C@@H](C1)N2C)c1cc(F)ccc1OC. The fourth-order valence-electron chi connectivity index (χ4n) is 4.93. The summed E-state index contributed by atoms with van der Waals surface area (Å²) >= 11 is 0. The zero-order valence-electron chi connectivity index (χ0n) is 17.1. The summed E-state index contributed by atoms with van der Waals surface area (Å²) < 4.78 is 39.4. The van der Waals surface area contributed by atoms with E-state index in [9.17, 15) is 8.78 Å². The molecule has 2 fully saturated rings. The second-order valence-electron chi connectivity index (χ2n) is 8.05. The molecule has 2 aromatic rings. The Hall–Kier alpha value is -2.40. The van der Waals surface area contributed by atoms with Crippen molar-refractivity contribution in [3.05, 3.63) is 65.2 Å². The van der Waals surface area contributed by atoms with E-state index in [0.717, 1.165) is 18.4 Å². The Morgan fingerprint density at radius 2 is 1.38 bits per heavy atom. The predicted molar refractivity (Wildman–Crippen MR) is 110 cm³/mol. The summed E-state index contributed by atoms with van der Waals surface area (Å²) in [4.78, 5) is 2.48. The summed E-state index contributed by atoms with van der Waals surface area (Å²) in [7, 11) is 5.33. The average Bonchev–Trinajstić information content (AvgIpc) is 2.92. The van der Waals surface area contributed by atoms with Gasteiger partial charge in [0.2, 0.25) is 0 Å². The third kappa shape index (κ3) is 3.88. The van der Waals surface area contributed by atoms with E-state index in [1.54, 1.807) is 26.4 Å². The highest BCUT2D eigenvalue weighted by Crippen LogP contribution is 2.42. The molecule has 5 heteroatoms. The van der Waals surface area contributed by atoms with Gasteiger partial charge in [-0.1, -0.05) is 6.08 Å². The van der Waals surface area contributed by atoms with Crippen LogP contribution in [0.5, 0.6) is 11.5 Å². The fourth-order valence-corrected chi connectivity index (χ4v) is 4.93. The monoisotopic (exact) mass is 399 g/mol.